The average molecular weight is 302 g/mol. The Balaban J connectivity index is 1.79. The molecule has 0 aromatic heterocycles. The number of nitrogens with two attached hydrogens (primary N) is 1. The fraction of sp³-hybridized carbons (Fsp3) is 0.125. The molecule has 22 heavy (non-hydrogen) atoms. The standard InChI is InChI=1S/C16H15FN2O3/c17-13-3-1-2-11(8-13)9-19-15(20)10-22-14-6-4-12(5-7-14)16(18)21/h1-8H,9-10H2,(H2,18,21)(H,19,20). The number of ether oxygens (including phenoxy) is 1. The highest BCUT2D eigenvalue weighted by Gasteiger charge is 2.05. The lowest BCUT2D eigenvalue weighted by atomic mass is 10.2. The number of benzene rings is 2. The summed E-state index contributed by atoms with van der Waals surface area (Å²) in [5.74, 6) is -0.758. The van der Waals surface area contributed by atoms with E-state index in [1.807, 2.05) is 0 Å². The van der Waals surface area contributed by atoms with E-state index in [0.717, 1.165) is 0 Å². The first-order valence-corrected chi connectivity index (χ1v) is 6.58. The zero-order chi connectivity index (χ0) is 15.9. The smallest absolute Gasteiger partial charge is 0.258 e. The van der Waals surface area contributed by atoms with Gasteiger partial charge in [0.2, 0.25) is 5.91 Å². The Hall–Kier alpha value is -2.89. The second-order valence-corrected chi connectivity index (χ2v) is 4.58. The SMILES string of the molecule is NC(=O)c1ccc(OCC(=O)NCc2cccc(F)c2)cc1. The van der Waals surface area contributed by atoms with Crippen molar-refractivity contribution in [3.63, 3.8) is 0 Å². The number of primary amides is 1. The third-order valence-corrected chi connectivity index (χ3v) is 2.89. The van der Waals surface area contributed by atoms with E-state index in [0.29, 0.717) is 16.9 Å². The van der Waals surface area contributed by atoms with Gasteiger partial charge in [-0.05, 0) is 42.0 Å². The first kappa shape index (κ1) is 15.5. The van der Waals surface area contributed by atoms with Crippen molar-refractivity contribution >= 4 is 11.8 Å². The van der Waals surface area contributed by atoms with Crippen molar-refractivity contribution in [3.05, 3.63) is 65.5 Å². The molecule has 0 aliphatic heterocycles. The third-order valence-electron chi connectivity index (χ3n) is 2.89. The molecule has 0 aliphatic carbocycles. The van der Waals surface area contributed by atoms with Gasteiger partial charge in [0.1, 0.15) is 11.6 Å². The topological polar surface area (TPSA) is 81.4 Å². The van der Waals surface area contributed by atoms with Crippen LogP contribution in [0.25, 0.3) is 0 Å². The second-order valence-electron chi connectivity index (χ2n) is 4.58. The highest BCUT2D eigenvalue weighted by molar-refractivity contribution is 5.92. The van der Waals surface area contributed by atoms with Crippen molar-refractivity contribution in [2.24, 2.45) is 5.73 Å². The van der Waals surface area contributed by atoms with Crippen LogP contribution in [0.4, 0.5) is 4.39 Å². The van der Waals surface area contributed by atoms with Crippen LogP contribution in [0.15, 0.2) is 48.5 Å². The van der Waals surface area contributed by atoms with Gasteiger partial charge in [0.15, 0.2) is 6.61 Å². The maximum atomic E-state index is 13.0. The van der Waals surface area contributed by atoms with E-state index >= 15 is 0 Å². The van der Waals surface area contributed by atoms with Crippen molar-refractivity contribution in [3.8, 4) is 5.75 Å². The second kappa shape index (κ2) is 7.21. The summed E-state index contributed by atoms with van der Waals surface area (Å²) in [4.78, 5) is 22.6. The molecule has 0 saturated carbocycles. The average Bonchev–Trinajstić information content (AvgIpc) is 2.51. The van der Waals surface area contributed by atoms with Gasteiger partial charge in [-0.1, -0.05) is 12.1 Å². The Labute approximate surface area is 126 Å². The Morgan fingerprint density at radius 1 is 1.14 bits per heavy atom. The van der Waals surface area contributed by atoms with E-state index in [1.54, 1.807) is 24.3 Å². The number of nitrogens with one attached hydrogen (secondary N) is 1. The van der Waals surface area contributed by atoms with Crippen LogP contribution >= 0.6 is 0 Å². The Morgan fingerprint density at radius 2 is 1.86 bits per heavy atom. The maximum absolute atomic E-state index is 13.0. The summed E-state index contributed by atoms with van der Waals surface area (Å²) in [7, 11) is 0. The molecule has 0 atom stereocenters. The zero-order valence-corrected chi connectivity index (χ0v) is 11.7. The first-order valence-electron chi connectivity index (χ1n) is 6.58. The van der Waals surface area contributed by atoms with Crippen LogP contribution < -0.4 is 15.8 Å². The molecule has 0 radical (unpaired) electrons. The predicted molar refractivity (Wildman–Crippen MR) is 78.7 cm³/mol. The summed E-state index contributed by atoms with van der Waals surface area (Å²) in [6, 6.07) is 12.1. The third kappa shape index (κ3) is 4.59. The summed E-state index contributed by atoms with van der Waals surface area (Å²) < 4.78 is 18.3. The molecule has 6 heteroatoms. The fourth-order valence-corrected chi connectivity index (χ4v) is 1.76. The maximum Gasteiger partial charge on any atom is 0.258 e. The summed E-state index contributed by atoms with van der Waals surface area (Å²) in [6.07, 6.45) is 0. The number of hydrogen-bond donors (Lipinski definition) is 2. The van der Waals surface area contributed by atoms with Crippen LogP contribution in [0, 0.1) is 5.82 Å². The fourth-order valence-electron chi connectivity index (χ4n) is 1.76. The normalized spacial score (nSPS) is 10.0. The summed E-state index contributed by atoms with van der Waals surface area (Å²) in [6.45, 7) is 0.0474. The lowest BCUT2D eigenvalue weighted by molar-refractivity contribution is -0.123. The van der Waals surface area contributed by atoms with E-state index in [4.69, 9.17) is 10.5 Å². The highest BCUT2D eigenvalue weighted by Crippen LogP contribution is 2.11. The van der Waals surface area contributed by atoms with E-state index in [1.165, 1.54) is 24.3 Å². The predicted octanol–water partition coefficient (Wildman–Crippen LogP) is 1.62. The molecule has 2 aromatic rings. The molecule has 2 aromatic carbocycles. The first-order chi connectivity index (χ1) is 10.5. The molecule has 0 heterocycles. The van der Waals surface area contributed by atoms with Gasteiger partial charge in [-0.15, -0.1) is 0 Å². The van der Waals surface area contributed by atoms with Gasteiger partial charge in [0, 0.05) is 12.1 Å². The lowest BCUT2D eigenvalue weighted by Crippen LogP contribution is -2.28. The van der Waals surface area contributed by atoms with E-state index < -0.39 is 5.91 Å². The number of halogens is 1. The number of rotatable bonds is 6. The minimum absolute atomic E-state index is 0.175. The molecule has 0 aliphatic rings. The summed E-state index contributed by atoms with van der Waals surface area (Å²) in [5, 5.41) is 2.62. The monoisotopic (exact) mass is 302 g/mol. The van der Waals surface area contributed by atoms with Crippen molar-refractivity contribution in [2.75, 3.05) is 6.61 Å². The molecule has 0 saturated heterocycles. The van der Waals surface area contributed by atoms with Crippen LogP contribution in [0.3, 0.4) is 0 Å². The van der Waals surface area contributed by atoms with Crippen molar-refractivity contribution in [1.82, 2.24) is 5.32 Å². The van der Waals surface area contributed by atoms with Gasteiger partial charge in [-0.2, -0.15) is 0 Å². The molecule has 3 N–H and O–H groups in total. The van der Waals surface area contributed by atoms with Crippen LogP contribution in [0.5, 0.6) is 5.75 Å². The molecule has 0 unspecified atom stereocenters. The Kier molecular flexibility index (Phi) is 5.08. The van der Waals surface area contributed by atoms with Crippen molar-refractivity contribution < 1.29 is 18.7 Å². The minimum Gasteiger partial charge on any atom is -0.484 e. The summed E-state index contributed by atoms with van der Waals surface area (Å²) >= 11 is 0. The van der Waals surface area contributed by atoms with E-state index in [9.17, 15) is 14.0 Å². The highest BCUT2D eigenvalue weighted by atomic mass is 19.1. The quantitative estimate of drug-likeness (QED) is 0.850. The molecular weight excluding hydrogens is 287 g/mol. The number of hydrogen-bond acceptors (Lipinski definition) is 3. The van der Waals surface area contributed by atoms with Crippen LogP contribution in [0.2, 0.25) is 0 Å². The van der Waals surface area contributed by atoms with Gasteiger partial charge in [0.25, 0.3) is 5.91 Å². The van der Waals surface area contributed by atoms with Gasteiger partial charge < -0.3 is 15.8 Å². The van der Waals surface area contributed by atoms with Gasteiger partial charge in [-0.25, -0.2) is 4.39 Å². The molecule has 0 fully saturated rings. The number of amides is 2. The molecule has 114 valence electrons. The Bertz CT molecular complexity index is 671. The van der Waals surface area contributed by atoms with Crippen molar-refractivity contribution in [1.29, 1.82) is 0 Å². The Morgan fingerprint density at radius 3 is 2.50 bits per heavy atom. The molecule has 2 rings (SSSR count). The van der Waals surface area contributed by atoms with Gasteiger partial charge >= 0.3 is 0 Å². The van der Waals surface area contributed by atoms with E-state index in [-0.39, 0.29) is 24.9 Å². The minimum atomic E-state index is -0.528. The lowest BCUT2D eigenvalue weighted by Gasteiger charge is -2.08. The molecular formula is C16H15FN2O3. The van der Waals surface area contributed by atoms with Crippen molar-refractivity contribution in [2.45, 2.75) is 6.54 Å². The molecule has 2 amide bonds. The van der Waals surface area contributed by atoms with Gasteiger partial charge in [0.05, 0.1) is 0 Å². The largest absolute Gasteiger partial charge is 0.484 e. The summed E-state index contributed by atoms with van der Waals surface area (Å²) in [5.41, 5.74) is 6.15. The molecule has 5 nitrogen and oxygen atoms in total. The number of carbonyl (C=O) groups is 2. The van der Waals surface area contributed by atoms with Crippen LogP contribution in [-0.2, 0) is 11.3 Å². The van der Waals surface area contributed by atoms with Crippen LogP contribution in [0.1, 0.15) is 15.9 Å². The molecule has 0 bridgehead atoms. The zero-order valence-electron chi connectivity index (χ0n) is 11.7. The molecule has 0 spiro atoms. The van der Waals surface area contributed by atoms with E-state index in [2.05, 4.69) is 5.32 Å². The van der Waals surface area contributed by atoms with Crippen LogP contribution in [-0.4, -0.2) is 18.4 Å². The number of carbonyl (C=O) groups excluding carboxylic acids is 2. The van der Waals surface area contributed by atoms with Gasteiger partial charge in [-0.3, -0.25) is 9.59 Å².